The Bertz CT molecular complexity index is 1030. The van der Waals surface area contributed by atoms with Crippen LogP contribution >= 0.6 is 0 Å². The third-order valence-corrected chi connectivity index (χ3v) is 9.57. The average Bonchev–Trinajstić information content (AvgIpc) is 2.97. The SMILES string of the molecule is C=C[C@H]1CC[C@H](c2ccc(C(F)(F)OCCc3ccc([C@H]4CC[C@H](CCCCCCC)CC4)cc3)c(F)c2)CC1. The van der Waals surface area contributed by atoms with Gasteiger partial charge in [-0.3, -0.25) is 0 Å². The van der Waals surface area contributed by atoms with Crippen LogP contribution in [-0.4, -0.2) is 6.61 Å². The third-order valence-electron chi connectivity index (χ3n) is 9.57. The van der Waals surface area contributed by atoms with Crippen molar-refractivity contribution >= 4 is 0 Å². The molecule has 0 spiro atoms. The maximum Gasteiger partial charge on any atom is 0.386 e. The maximum atomic E-state index is 14.8. The molecule has 0 unspecified atom stereocenters. The van der Waals surface area contributed by atoms with Gasteiger partial charge < -0.3 is 4.74 Å². The molecule has 0 amide bonds. The van der Waals surface area contributed by atoms with Crippen molar-refractivity contribution in [3.05, 3.63) is 83.2 Å². The van der Waals surface area contributed by atoms with E-state index in [1.165, 1.54) is 81.9 Å². The van der Waals surface area contributed by atoms with Crippen LogP contribution in [0.5, 0.6) is 0 Å². The summed E-state index contributed by atoms with van der Waals surface area (Å²) in [5.74, 6) is 1.32. The number of ether oxygens (including phenoxy) is 1. The number of alkyl halides is 2. The van der Waals surface area contributed by atoms with E-state index in [-0.39, 0.29) is 12.5 Å². The number of rotatable bonds is 14. The van der Waals surface area contributed by atoms with Crippen LogP contribution in [0, 0.1) is 17.7 Å². The van der Waals surface area contributed by atoms with Crippen LogP contribution in [0.4, 0.5) is 13.2 Å². The largest absolute Gasteiger partial charge is 0.386 e. The zero-order valence-corrected chi connectivity index (χ0v) is 24.5. The smallest absolute Gasteiger partial charge is 0.316 e. The minimum absolute atomic E-state index is 0.164. The van der Waals surface area contributed by atoms with Gasteiger partial charge in [-0.25, -0.2) is 4.39 Å². The molecule has 1 nitrogen and oxygen atoms in total. The molecule has 4 heteroatoms. The summed E-state index contributed by atoms with van der Waals surface area (Å²) in [5, 5.41) is 0. The predicted molar refractivity (Wildman–Crippen MR) is 159 cm³/mol. The van der Waals surface area contributed by atoms with Crippen LogP contribution < -0.4 is 0 Å². The van der Waals surface area contributed by atoms with E-state index in [1.807, 2.05) is 18.2 Å². The van der Waals surface area contributed by atoms with Crippen molar-refractivity contribution in [1.29, 1.82) is 0 Å². The number of unbranched alkanes of at least 4 members (excludes halogenated alkanes) is 4. The second-order valence-electron chi connectivity index (χ2n) is 12.4. The zero-order chi connectivity index (χ0) is 28.4. The van der Waals surface area contributed by atoms with E-state index in [2.05, 4.69) is 25.6 Å². The van der Waals surface area contributed by atoms with Gasteiger partial charge >= 0.3 is 6.11 Å². The summed E-state index contributed by atoms with van der Waals surface area (Å²) >= 11 is 0. The molecular weight excluding hydrogens is 505 g/mol. The lowest BCUT2D eigenvalue weighted by molar-refractivity contribution is -0.249. The van der Waals surface area contributed by atoms with Gasteiger partial charge in [-0.05, 0) is 110 Å². The predicted octanol–water partition coefficient (Wildman–Crippen LogP) is 11.2. The van der Waals surface area contributed by atoms with E-state index in [9.17, 15) is 13.2 Å². The highest BCUT2D eigenvalue weighted by Gasteiger charge is 2.36. The molecule has 2 aromatic carbocycles. The first kappa shape index (κ1) is 30.9. The van der Waals surface area contributed by atoms with Gasteiger partial charge in [-0.1, -0.05) is 81.9 Å². The van der Waals surface area contributed by atoms with Gasteiger partial charge in [0.2, 0.25) is 0 Å². The summed E-state index contributed by atoms with van der Waals surface area (Å²) in [6, 6.07) is 12.5. The standard InChI is InChI=1S/C36H49F3O/c1-3-5-6-7-8-9-28-12-18-30(19-13-28)31-20-14-29(15-21-31)24-25-40-36(38,39)34-23-22-33(26-35(34)37)32-16-10-27(4-2)11-17-32/h4,14-15,20-23,26-28,30,32H,2-3,5-13,16-19,24-25H2,1H3/t27-,28-,30-,32-. The number of halogens is 3. The Labute approximate surface area is 240 Å². The molecule has 2 aliphatic carbocycles. The zero-order valence-electron chi connectivity index (χ0n) is 24.5. The molecule has 0 N–H and O–H groups in total. The first-order valence-corrected chi connectivity index (χ1v) is 15.9. The lowest BCUT2D eigenvalue weighted by Crippen LogP contribution is -2.22. The normalized spacial score (nSPS) is 23.7. The van der Waals surface area contributed by atoms with Crippen molar-refractivity contribution in [2.45, 2.75) is 121 Å². The fraction of sp³-hybridized carbons (Fsp3) is 0.611. The van der Waals surface area contributed by atoms with E-state index < -0.39 is 17.5 Å². The molecule has 220 valence electrons. The molecular formula is C36H49F3O. The average molecular weight is 555 g/mol. The molecule has 0 aliphatic heterocycles. The maximum absolute atomic E-state index is 14.8. The quantitative estimate of drug-likeness (QED) is 0.167. The van der Waals surface area contributed by atoms with Crippen molar-refractivity contribution in [3.8, 4) is 0 Å². The Balaban J connectivity index is 1.20. The highest BCUT2D eigenvalue weighted by molar-refractivity contribution is 5.30. The molecule has 2 aromatic rings. The van der Waals surface area contributed by atoms with E-state index in [1.54, 1.807) is 6.07 Å². The van der Waals surface area contributed by atoms with Crippen LogP contribution in [0.25, 0.3) is 0 Å². The van der Waals surface area contributed by atoms with Crippen molar-refractivity contribution in [2.75, 3.05) is 6.61 Å². The number of hydrogen-bond donors (Lipinski definition) is 0. The molecule has 0 radical (unpaired) electrons. The van der Waals surface area contributed by atoms with Gasteiger partial charge in [0, 0.05) is 0 Å². The summed E-state index contributed by atoms with van der Waals surface area (Å²) in [6.45, 7) is 5.96. The molecule has 0 atom stereocenters. The molecule has 0 aromatic heterocycles. The Kier molecular flexibility index (Phi) is 11.8. The van der Waals surface area contributed by atoms with Crippen LogP contribution in [0.2, 0.25) is 0 Å². The van der Waals surface area contributed by atoms with Gasteiger partial charge in [-0.15, -0.1) is 6.58 Å². The van der Waals surface area contributed by atoms with Gasteiger partial charge in [0.05, 0.1) is 12.2 Å². The Morgan fingerprint density at radius 2 is 1.45 bits per heavy atom. The number of benzene rings is 2. The summed E-state index contributed by atoms with van der Waals surface area (Å²) < 4.78 is 49.3. The minimum Gasteiger partial charge on any atom is -0.316 e. The Hall–Kier alpha value is -2.07. The molecule has 2 aliphatic rings. The summed E-state index contributed by atoms with van der Waals surface area (Å²) in [7, 11) is 0. The number of hydrogen-bond acceptors (Lipinski definition) is 1. The first-order valence-electron chi connectivity index (χ1n) is 15.9. The van der Waals surface area contributed by atoms with Crippen LogP contribution in [-0.2, 0) is 17.3 Å². The Morgan fingerprint density at radius 1 is 0.825 bits per heavy atom. The van der Waals surface area contributed by atoms with Gasteiger partial charge in [0.1, 0.15) is 5.82 Å². The van der Waals surface area contributed by atoms with E-state index >= 15 is 0 Å². The first-order chi connectivity index (χ1) is 19.4. The second kappa shape index (κ2) is 15.2. The third kappa shape index (κ3) is 8.71. The highest BCUT2D eigenvalue weighted by atomic mass is 19.3. The lowest BCUT2D eigenvalue weighted by Gasteiger charge is -2.29. The summed E-state index contributed by atoms with van der Waals surface area (Å²) in [5.41, 5.74) is 2.45. The van der Waals surface area contributed by atoms with E-state index in [0.29, 0.717) is 18.3 Å². The second-order valence-corrected chi connectivity index (χ2v) is 12.4. The van der Waals surface area contributed by atoms with Gasteiger partial charge in [0.15, 0.2) is 0 Å². The van der Waals surface area contributed by atoms with Crippen LogP contribution in [0.1, 0.15) is 131 Å². The fourth-order valence-electron chi connectivity index (χ4n) is 6.86. The Morgan fingerprint density at radius 3 is 2.10 bits per heavy atom. The van der Waals surface area contributed by atoms with Crippen molar-refractivity contribution in [1.82, 2.24) is 0 Å². The molecule has 0 heterocycles. The number of allylic oxidation sites excluding steroid dienone is 1. The monoisotopic (exact) mass is 554 g/mol. The fourth-order valence-corrected chi connectivity index (χ4v) is 6.86. The van der Waals surface area contributed by atoms with Crippen molar-refractivity contribution in [3.63, 3.8) is 0 Å². The minimum atomic E-state index is -3.66. The van der Waals surface area contributed by atoms with Crippen molar-refractivity contribution in [2.24, 2.45) is 11.8 Å². The van der Waals surface area contributed by atoms with Gasteiger partial charge in [-0.2, -0.15) is 8.78 Å². The highest BCUT2D eigenvalue weighted by Crippen LogP contribution is 2.40. The molecule has 0 bridgehead atoms. The van der Waals surface area contributed by atoms with Crippen LogP contribution in [0.3, 0.4) is 0 Å². The van der Waals surface area contributed by atoms with E-state index in [0.717, 1.165) is 42.7 Å². The molecule has 2 fully saturated rings. The summed E-state index contributed by atoms with van der Waals surface area (Å²) in [4.78, 5) is 0. The topological polar surface area (TPSA) is 9.23 Å². The molecule has 0 saturated heterocycles. The molecule has 40 heavy (non-hydrogen) atoms. The van der Waals surface area contributed by atoms with Crippen LogP contribution in [0.15, 0.2) is 55.1 Å². The molecule has 2 saturated carbocycles. The lowest BCUT2D eigenvalue weighted by atomic mass is 9.77. The van der Waals surface area contributed by atoms with E-state index in [4.69, 9.17) is 4.74 Å². The molecule has 4 rings (SSSR count). The van der Waals surface area contributed by atoms with Gasteiger partial charge in [0.25, 0.3) is 0 Å². The summed E-state index contributed by atoms with van der Waals surface area (Å²) in [6.07, 6.45) is 15.9. The van der Waals surface area contributed by atoms with Crippen molar-refractivity contribution < 1.29 is 17.9 Å².